The van der Waals surface area contributed by atoms with Gasteiger partial charge in [0.25, 0.3) is 0 Å². The van der Waals surface area contributed by atoms with Crippen molar-refractivity contribution in [3.05, 3.63) is 175 Å². The Hall–Kier alpha value is -6.44. The molecule has 0 aliphatic carbocycles. The maximum atomic E-state index is 7.78. The molecule has 0 amide bonds. The molecule has 6 aromatic carbocycles. The van der Waals surface area contributed by atoms with Gasteiger partial charge in [-0.15, -0.1) is 54.1 Å². The van der Waals surface area contributed by atoms with Gasteiger partial charge in [0.2, 0.25) is 5.71 Å². The van der Waals surface area contributed by atoms with Gasteiger partial charge in [-0.05, 0) is 100 Å². The van der Waals surface area contributed by atoms with E-state index in [-0.39, 0.29) is 37.6 Å². The number of fused-ring (bicyclic) bond motifs is 7. The van der Waals surface area contributed by atoms with Crippen LogP contribution >= 0.6 is 0 Å². The zero-order valence-electron chi connectivity index (χ0n) is 40.4. The Morgan fingerprint density at radius 1 is 0.646 bits per heavy atom. The van der Waals surface area contributed by atoms with Crippen molar-refractivity contribution in [1.29, 1.82) is 0 Å². The van der Waals surface area contributed by atoms with Crippen molar-refractivity contribution in [2.45, 2.75) is 66.0 Å². The fourth-order valence-corrected chi connectivity index (χ4v) is 9.68. The van der Waals surface area contributed by atoms with Crippen molar-refractivity contribution >= 4 is 68.3 Å². The maximum Gasteiger partial charge on any atom is 0.227 e. The van der Waals surface area contributed by atoms with Crippen molar-refractivity contribution in [3.63, 3.8) is 0 Å². The first-order chi connectivity index (χ1) is 32.1. The van der Waals surface area contributed by atoms with Gasteiger partial charge >= 0.3 is 0 Å². The van der Waals surface area contributed by atoms with Crippen LogP contribution in [0.1, 0.15) is 60.5 Å². The number of pyridine rings is 2. The third-order valence-electron chi connectivity index (χ3n) is 12.0. The van der Waals surface area contributed by atoms with E-state index in [0.717, 1.165) is 60.9 Å². The molecule has 0 N–H and O–H groups in total. The Morgan fingerprint density at radius 2 is 1.35 bits per heavy atom. The number of aromatic nitrogens is 4. The molecule has 0 aliphatic rings. The maximum absolute atomic E-state index is 7.78. The van der Waals surface area contributed by atoms with E-state index in [1.54, 1.807) is 6.07 Å². The average Bonchev–Trinajstić information content (AvgIpc) is 4.01. The summed E-state index contributed by atoms with van der Waals surface area (Å²) in [6.07, 6.45) is 2.02. The van der Waals surface area contributed by atoms with Gasteiger partial charge in [-0.1, -0.05) is 113 Å². The number of hydrogen-bond acceptors (Lipinski definition) is 5. The van der Waals surface area contributed by atoms with Crippen LogP contribution in [-0.4, -0.2) is 27.6 Å². The monoisotopic (exact) mass is 1050 g/mol. The zero-order chi connectivity index (χ0) is 46.8. The van der Waals surface area contributed by atoms with E-state index in [0.29, 0.717) is 22.5 Å². The van der Waals surface area contributed by atoms with Crippen LogP contribution in [0.5, 0.6) is 0 Å². The Morgan fingerprint density at radius 3 is 2.03 bits per heavy atom. The van der Waals surface area contributed by atoms with Crippen LogP contribution in [-0.2, 0) is 20.1 Å². The van der Waals surface area contributed by atoms with E-state index in [9.17, 15) is 0 Å². The number of rotatable bonds is 7. The largest absolute Gasteiger partial charge is 0.501 e. The summed E-state index contributed by atoms with van der Waals surface area (Å²) in [4.78, 5) is 14.1. The summed E-state index contributed by atoms with van der Waals surface area (Å²) in [5.41, 5.74) is 13.0. The first kappa shape index (κ1) is 40.1. The Bertz CT molecular complexity index is 3580. The molecule has 65 heavy (non-hydrogen) atoms. The molecule has 0 saturated heterocycles. The molecule has 5 heterocycles. The van der Waals surface area contributed by atoms with Crippen LogP contribution in [0.15, 0.2) is 155 Å². The predicted octanol–water partition coefficient (Wildman–Crippen LogP) is 15.0. The van der Waals surface area contributed by atoms with Gasteiger partial charge in [-0.3, -0.25) is 4.98 Å². The predicted molar refractivity (Wildman–Crippen MR) is 268 cm³/mol. The molecule has 11 aromatic rings. The molecular formula is C57H50IrN4O2Si-2. The van der Waals surface area contributed by atoms with Gasteiger partial charge in [0.15, 0.2) is 0 Å². The van der Waals surface area contributed by atoms with E-state index in [1.165, 1.54) is 33.5 Å². The minimum Gasteiger partial charge on any atom is -0.501 e. The zero-order valence-corrected chi connectivity index (χ0v) is 40.8. The molecule has 0 aliphatic heterocycles. The summed E-state index contributed by atoms with van der Waals surface area (Å²) >= 11 is 0. The van der Waals surface area contributed by atoms with Crippen LogP contribution in [0.3, 0.4) is 0 Å². The summed E-state index contributed by atoms with van der Waals surface area (Å²) in [6.45, 7) is 13.7. The first-order valence-electron chi connectivity index (χ1n) is 23.4. The molecule has 0 unspecified atom stereocenters. The minimum atomic E-state index is -2.32. The van der Waals surface area contributed by atoms with Crippen molar-refractivity contribution in [2.75, 3.05) is 0 Å². The number of hydrogen-bond donors (Lipinski definition) is 0. The molecule has 0 spiro atoms. The Kier molecular flexibility index (Phi) is 10.8. The third kappa shape index (κ3) is 8.16. The fraction of sp³-hybridized carbons (Fsp3) is 0.175. The van der Waals surface area contributed by atoms with Gasteiger partial charge in [-0.25, -0.2) is 4.98 Å². The molecule has 6 nitrogen and oxygen atoms in total. The number of nitrogens with zero attached hydrogens (tertiary/aromatic N) is 4. The molecule has 1 radical (unpaired) electrons. The topological polar surface area (TPSA) is 69.9 Å². The number of aryl methyl sites for hydroxylation is 1. The van der Waals surface area contributed by atoms with E-state index in [1.807, 2.05) is 60.8 Å². The fourth-order valence-electron chi connectivity index (χ4n) is 8.64. The van der Waals surface area contributed by atoms with Gasteiger partial charge in [0.05, 0.1) is 30.5 Å². The molecule has 8 heteroatoms. The summed E-state index contributed by atoms with van der Waals surface area (Å²) in [6, 6.07) is 53.6. The SMILES string of the molecule is C[Si](C)(C)c1ccc(-c2[c-]cccc2)nc1.[2H]C([2H])([2H])c1ccc2c(n1)oc1cc3c(cc12)oc1c(-c2nc4ccccc4n2-c2c(C(C)C)cc(-c4ccccc4)cc2C(C)C)[c-]ccc13.[Ir]. The third-order valence-corrected chi connectivity index (χ3v) is 14.1. The van der Waals surface area contributed by atoms with Crippen molar-refractivity contribution in [3.8, 4) is 39.5 Å². The van der Waals surface area contributed by atoms with E-state index < -0.39 is 14.9 Å². The molecule has 325 valence electrons. The van der Waals surface area contributed by atoms with Gasteiger partial charge < -0.3 is 18.4 Å². The van der Waals surface area contributed by atoms with Crippen LogP contribution in [0.4, 0.5) is 0 Å². The standard InChI is InChI=1S/C43H34N3O2.C14H16NSi.Ir/c1-24(2)32-20-28(27-12-7-6-8-13-27)21-33(25(3)4)40(32)46-37-17-10-9-16-36(37)45-42(46)31-15-11-14-29-34-22-39-35(23-38(34)47-41(29)31)30-19-18-26(5)44-43(30)48-39;1-16(2,3)13-9-10-14(15-11-13)12-7-5-4-6-8-12;/h6-14,16-25H,1-5H3;4-7,9-11H,1-3H3;/q2*-1;/i5D3;;. The van der Waals surface area contributed by atoms with E-state index in [4.69, 9.17) is 17.9 Å². The van der Waals surface area contributed by atoms with E-state index >= 15 is 0 Å². The van der Waals surface area contributed by atoms with E-state index in [2.05, 4.69) is 147 Å². The Balaban J connectivity index is 0.000000289. The Labute approximate surface area is 399 Å². The molecule has 0 saturated carbocycles. The number of benzene rings is 6. The van der Waals surface area contributed by atoms with Crippen molar-refractivity contribution < 1.29 is 33.1 Å². The van der Waals surface area contributed by atoms with Crippen molar-refractivity contribution in [2.24, 2.45) is 0 Å². The minimum absolute atomic E-state index is 0. The van der Waals surface area contributed by atoms with Crippen LogP contribution in [0, 0.1) is 19.0 Å². The first-order valence-corrected chi connectivity index (χ1v) is 25.4. The molecule has 0 bridgehead atoms. The molecule has 0 fully saturated rings. The van der Waals surface area contributed by atoms with Gasteiger partial charge in [0, 0.05) is 58.0 Å². The smallest absolute Gasteiger partial charge is 0.227 e. The van der Waals surface area contributed by atoms with Crippen LogP contribution in [0.25, 0.3) is 94.5 Å². The van der Waals surface area contributed by atoms with Crippen molar-refractivity contribution in [1.82, 2.24) is 19.5 Å². The molecule has 0 atom stereocenters. The van der Waals surface area contributed by atoms with Gasteiger partial charge in [0.1, 0.15) is 11.2 Å². The second-order valence-electron chi connectivity index (χ2n) is 18.1. The molecular weight excluding hydrogens is 993 g/mol. The summed E-state index contributed by atoms with van der Waals surface area (Å²) < 4.78 is 38.5. The summed E-state index contributed by atoms with van der Waals surface area (Å²) in [7, 11) is -1.23. The average molecular weight is 1050 g/mol. The molecule has 11 rings (SSSR count). The normalized spacial score (nSPS) is 12.7. The van der Waals surface area contributed by atoms with Gasteiger partial charge in [-0.2, -0.15) is 0 Å². The number of furan rings is 2. The summed E-state index contributed by atoms with van der Waals surface area (Å²) in [5.74, 6) is 1.22. The molecule has 5 aromatic heterocycles. The summed E-state index contributed by atoms with van der Waals surface area (Å²) in [5, 5.41) is 4.72. The van der Waals surface area contributed by atoms with Crippen LogP contribution < -0.4 is 5.19 Å². The number of para-hydroxylation sites is 2. The quantitative estimate of drug-likeness (QED) is 0.117. The second kappa shape index (κ2) is 17.5. The number of imidazole rings is 1. The second-order valence-corrected chi connectivity index (χ2v) is 23.2. The van der Waals surface area contributed by atoms with Crippen LogP contribution in [0.2, 0.25) is 19.6 Å².